The number of cyclic esters (lactones) is 4. The maximum Gasteiger partial charge on any atom is 0.508 e. The molecule has 1 amide bonds. The van der Waals surface area contributed by atoms with Gasteiger partial charge in [-0.3, -0.25) is 9.59 Å². The summed E-state index contributed by atoms with van der Waals surface area (Å²) in [5.74, 6) is 0.480. The zero-order chi connectivity index (χ0) is 27.3. The number of carbonyl (C=O) groups is 4. The van der Waals surface area contributed by atoms with Gasteiger partial charge in [-0.1, -0.05) is 57.8 Å². The summed E-state index contributed by atoms with van der Waals surface area (Å²) >= 11 is 0. The summed E-state index contributed by atoms with van der Waals surface area (Å²) in [6.45, 7) is 1.46. The molecule has 0 spiro atoms. The van der Waals surface area contributed by atoms with Gasteiger partial charge in [-0.2, -0.15) is 0 Å². The van der Waals surface area contributed by atoms with E-state index in [1.807, 2.05) is 0 Å². The number of nitrogens with one attached hydrogen (secondary N) is 1. The van der Waals surface area contributed by atoms with Crippen LogP contribution in [0.3, 0.4) is 0 Å². The van der Waals surface area contributed by atoms with E-state index in [4.69, 9.17) is 18.9 Å². The van der Waals surface area contributed by atoms with Crippen molar-refractivity contribution in [3.8, 4) is 0 Å². The van der Waals surface area contributed by atoms with E-state index in [2.05, 4.69) is 5.32 Å². The van der Waals surface area contributed by atoms with E-state index in [0.29, 0.717) is 44.8 Å². The molecule has 2 atom stereocenters. The highest BCUT2D eigenvalue weighted by atomic mass is 16.8. The first-order valence-corrected chi connectivity index (χ1v) is 15.0. The van der Waals surface area contributed by atoms with Gasteiger partial charge >= 0.3 is 12.3 Å². The van der Waals surface area contributed by atoms with E-state index in [-0.39, 0.29) is 18.1 Å². The van der Waals surface area contributed by atoms with Crippen molar-refractivity contribution in [2.45, 2.75) is 141 Å². The van der Waals surface area contributed by atoms with Crippen LogP contribution in [0.2, 0.25) is 0 Å². The van der Waals surface area contributed by atoms with Crippen molar-refractivity contribution in [2.75, 3.05) is 19.8 Å². The van der Waals surface area contributed by atoms with Gasteiger partial charge in [0.05, 0.1) is 0 Å². The molecular formula is C29H49NO8. The molecule has 0 aromatic heterocycles. The third-order valence-electron chi connectivity index (χ3n) is 7.17. The highest BCUT2D eigenvalue weighted by molar-refractivity contribution is 5.78. The summed E-state index contributed by atoms with van der Waals surface area (Å²) in [6.07, 6.45) is 18.1. The Morgan fingerprint density at radius 3 is 1.47 bits per heavy atom. The number of amides is 1. The lowest BCUT2D eigenvalue weighted by molar-refractivity contribution is -0.121. The number of carbonyl (C=O) groups excluding carboxylic acids is 4. The predicted octanol–water partition coefficient (Wildman–Crippen LogP) is 6.54. The zero-order valence-corrected chi connectivity index (χ0v) is 23.2. The van der Waals surface area contributed by atoms with E-state index >= 15 is 0 Å². The monoisotopic (exact) mass is 539 g/mol. The van der Waals surface area contributed by atoms with E-state index in [1.165, 1.54) is 0 Å². The maximum absolute atomic E-state index is 12.0. The van der Waals surface area contributed by atoms with Gasteiger partial charge in [0.25, 0.3) is 0 Å². The lowest BCUT2D eigenvalue weighted by atomic mass is 10.0. The number of ketones is 1. The van der Waals surface area contributed by atoms with Crippen molar-refractivity contribution in [1.82, 2.24) is 5.32 Å². The molecule has 2 aliphatic heterocycles. The van der Waals surface area contributed by atoms with Crippen LogP contribution in [0.25, 0.3) is 0 Å². The summed E-state index contributed by atoms with van der Waals surface area (Å²) in [6, 6.07) is 0. The van der Waals surface area contributed by atoms with E-state index < -0.39 is 12.3 Å². The fraction of sp³-hybridized carbons (Fsp3) is 0.862. The Labute approximate surface area is 228 Å². The molecule has 218 valence electrons. The van der Waals surface area contributed by atoms with Crippen molar-refractivity contribution in [1.29, 1.82) is 0 Å². The van der Waals surface area contributed by atoms with Crippen molar-refractivity contribution in [2.24, 2.45) is 0 Å². The Bertz CT molecular complexity index is 640. The Kier molecular flexibility index (Phi) is 17.3. The van der Waals surface area contributed by atoms with Gasteiger partial charge in [0.15, 0.2) is 0 Å². The Balaban J connectivity index is 1.24. The maximum atomic E-state index is 12.0. The SMILES string of the molecule is O=C(CCCCCCCCC1COC(=O)O1)CCCCCNC(=O)CCCCCCCCC1COC(=O)O1. The molecule has 2 heterocycles. The Morgan fingerprint density at radius 1 is 0.579 bits per heavy atom. The molecule has 9 nitrogen and oxygen atoms in total. The van der Waals surface area contributed by atoms with Gasteiger partial charge < -0.3 is 24.3 Å². The van der Waals surface area contributed by atoms with Gasteiger partial charge in [0.2, 0.25) is 5.91 Å². The molecule has 9 heteroatoms. The average Bonchev–Trinajstić information content (AvgIpc) is 3.51. The second kappa shape index (κ2) is 20.6. The first kappa shape index (κ1) is 31.9. The summed E-state index contributed by atoms with van der Waals surface area (Å²) in [4.78, 5) is 45.7. The first-order valence-electron chi connectivity index (χ1n) is 15.0. The van der Waals surface area contributed by atoms with E-state index in [1.54, 1.807) is 0 Å². The zero-order valence-electron chi connectivity index (χ0n) is 23.2. The summed E-state index contributed by atoms with van der Waals surface area (Å²) in [5, 5.41) is 2.99. The fourth-order valence-corrected chi connectivity index (χ4v) is 4.85. The number of ether oxygens (including phenoxy) is 4. The topological polar surface area (TPSA) is 117 Å². The van der Waals surface area contributed by atoms with Gasteiger partial charge in [-0.25, -0.2) is 9.59 Å². The van der Waals surface area contributed by atoms with Gasteiger partial charge in [0.1, 0.15) is 31.2 Å². The highest BCUT2D eigenvalue weighted by Gasteiger charge is 2.24. The smallest absolute Gasteiger partial charge is 0.430 e. The van der Waals surface area contributed by atoms with Gasteiger partial charge in [-0.05, 0) is 51.4 Å². The van der Waals surface area contributed by atoms with Crippen molar-refractivity contribution >= 4 is 24.0 Å². The van der Waals surface area contributed by atoms with Crippen LogP contribution < -0.4 is 5.32 Å². The Hall–Kier alpha value is -2.32. The number of rotatable bonds is 24. The number of Topliss-reactive ketones (excluding diaryl/α,β-unsaturated/α-hetero) is 1. The normalized spacial score (nSPS) is 18.5. The second-order valence-electron chi connectivity index (χ2n) is 10.6. The predicted molar refractivity (Wildman–Crippen MR) is 143 cm³/mol. The molecule has 0 bridgehead atoms. The van der Waals surface area contributed by atoms with Crippen LogP contribution >= 0.6 is 0 Å². The molecule has 2 rings (SSSR count). The number of unbranched alkanes of at least 4 members (excludes halogenated alkanes) is 12. The molecular weight excluding hydrogens is 490 g/mol. The molecule has 1 N–H and O–H groups in total. The third-order valence-corrected chi connectivity index (χ3v) is 7.17. The summed E-state index contributed by atoms with van der Waals surface area (Å²) in [7, 11) is 0. The van der Waals surface area contributed by atoms with Crippen LogP contribution in [0.5, 0.6) is 0 Å². The third kappa shape index (κ3) is 16.5. The molecule has 2 aliphatic rings. The highest BCUT2D eigenvalue weighted by Crippen LogP contribution is 2.17. The van der Waals surface area contributed by atoms with E-state index in [0.717, 1.165) is 109 Å². The largest absolute Gasteiger partial charge is 0.508 e. The van der Waals surface area contributed by atoms with Gasteiger partial charge in [0, 0.05) is 25.8 Å². The van der Waals surface area contributed by atoms with Crippen molar-refractivity contribution in [3.63, 3.8) is 0 Å². The van der Waals surface area contributed by atoms with Crippen molar-refractivity contribution < 1.29 is 38.1 Å². The number of hydrogen-bond donors (Lipinski definition) is 1. The summed E-state index contributed by atoms with van der Waals surface area (Å²) in [5.41, 5.74) is 0. The minimum Gasteiger partial charge on any atom is -0.430 e. The molecule has 2 saturated heterocycles. The van der Waals surface area contributed by atoms with Gasteiger partial charge in [-0.15, -0.1) is 0 Å². The lowest BCUT2D eigenvalue weighted by Gasteiger charge is -2.07. The van der Waals surface area contributed by atoms with Crippen LogP contribution in [0.4, 0.5) is 9.59 Å². The lowest BCUT2D eigenvalue weighted by Crippen LogP contribution is -2.24. The van der Waals surface area contributed by atoms with Crippen LogP contribution in [-0.2, 0) is 28.5 Å². The minimum absolute atomic E-state index is 0.0665. The molecule has 0 radical (unpaired) electrons. The molecule has 0 aromatic carbocycles. The second-order valence-corrected chi connectivity index (χ2v) is 10.6. The quantitative estimate of drug-likeness (QED) is 0.108. The average molecular weight is 540 g/mol. The van der Waals surface area contributed by atoms with Crippen LogP contribution in [0.1, 0.15) is 128 Å². The summed E-state index contributed by atoms with van der Waals surface area (Å²) < 4.78 is 19.6. The standard InChI is InChI=1S/C29H49NO8/c31-24(16-10-5-1-2-6-12-18-25-22-35-28(33)37-25)17-11-9-15-21-30-27(32)20-14-8-4-3-7-13-19-26-23-36-29(34)38-26/h25-26H,1-23H2,(H,30,32). The number of hydrogen-bond acceptors (Lipinski definition) is 8. The van der Waals surface area contributed by atoms with E-state index in [9.17, 15) is 19.2 Å². The molecule has 2 fully saturated rings. The van der Waals surface area contributed by atoms with Crippen LogP contribution in [-0.4, -0.2) is 56.0 Å². The fourth-order valence-electron chi connectivity index (χ4n) is 4.85. The van der Waals surface area contributed by atoms with Crippen molar-refractivity contribution in [3.05, 3.63) is 0 Å². The molecule has 2 unspecified atom stereocenters. The Morgan fingerprint density at radius 2 is 1.00 bits per heavy atom. The van der Waals surface area contributed by atoms with Crippen LogP contribution in [0, 0.1) is 0 Å². The minimum atomic E-state index is -0.548. The van der Waals surface area contributed by atoms with Crippen LogP contribution in [0.15, 0.2) is 0 Å². The first-order chi connectivity index (χ1) is 18.5. The molecule has 0 saturated carbocycles. The molecule has 0 aromatic rings. The molecule has 38 heavy (non-hydrogen) atoms. The molecule has 0 aliphatic carbocycles.